The maximum Gasteiger partial charge on any atom is 0.169 e. The number of aliphatic hydroxyl groups is 3. The number of aliphatic hydroxyl groups excluding tert-OH is 3. The minimum absolute atomic E-state index is 0.379. The van der Waals surface area contributed by atoms with Crippen molar-refractivity contribution in [2.45, 2.75) is 218 Å². The van der Waals surface area contributed by atoms with E-state index in [9.17, 15) is 20.1 Å². The molecule has 0 radical (unpaired) electrons. The number of hydrogen-bond donors (Lipinski definition) is 4. The quantitative estimate of drug-likeness (QED) is 0.0528. The van der Waals surface area contributed by atoms with E-state index in [0.717, 1.165) is 51.5 Å². The zero-order chi connectivity index (χ0) is 31.6. The number of unbranched alkanes of at least 4 members (excludes halogenated alkanes) is 27. The van der Waals surface area contributed by atoms with Gasteiger partial charge in [-0.25, -0.2) is 0 Å². The van der Waals surface area contributed by atoms with Crippen molar-refractivity contribution in [1.29, 1.82) is 0 Å². The van der Waals surface area contributed by atoms with Crippen molar-refractivity contribution < 1.29 is 20.1 Å². The first kappa shape index (κ1) is 42.5. The lowest BCUT2D eigenvalue weighted by Crippen LogP contribution is -2.38. The van der Waals surface area contributed by atoms with Gasteiger partial charge < -0.3 is 21.1 Å². The summed E-state index contributed by atoms with van der Waals surface area (Å²) in [5.74, 6) is -1.23. The molecular weight excluding hydrogens is 534 g/mol. The molecule has 0 aromatic carbocycles. The Hall–Kier alpha value is -0.490. The summed E-state index contributed by atoms with van der Waals surface area (Å²) in [6.07, 6.45) is 35.8. The van der Waals surface area contributed by atoms with Crippen LogP contribution in [0.25, 0.3) is 0 Å². The molecule has 1 unspecified atom stereocenters. The molecule has 0 bridgehead atoms. The van der Waals surface area contributed by atoms with Crippen molar-refractivity contribution in [3.8, 4) is 0 Å². The molecule has 0 aromatic rings. The second-order valence-electron chi connectivity index (χ2n) is 13.5. The molecule has 0 spiro atoms. The summed E-state index contributed by atoms with van der Waals surface area (Å²) in [5.41, 5.74) is 5.53. The van der Waals surface area contributed by atoms with Gasteiger partial charge in [-0.15, -0.1) is 0 Å². The van der Waals surface area contributed by atoms with Gasteiger partial charge in [-0.1, -0.05) is 187 Å². The molecule has 0 aliphatic heterocycles. The van der Waals surface area contributed by atoms with Crippen LogP contribution in [0.4, 0.5) is 0 Å². The first-order valence-corrected chi connectivity index (χ1v) is 19.3. The molecule has 0 saturated heterocycles. The molecular formula is C38H77NO4. The molecule has 0 aromatic heterocycles. The van der Waals surface area contributed by atoms with Crippen LogP contribution in [0, 0.1) is 5.92 Å². The molecule has 0 fully saturated rings. The molecule has 5 N–H and O–H groups in total. The Morgan fingerprint density at radius 3 is 1.12 bits per heavy atom. The van der Waals surface area contributed by atoms with E-state index >= 15 is 0 Å². The van der Waals surface area contributed by atoms with E-state index in [-0.39, 0.29) is 12.4 Å². The summed E-state index contributed by atoms with van der Waals surface area (Å²) >= 11 is 0. The predicted molar refractivity (Wildman–Crippen MR) is 185 cm³/mol. The summed E-state index contributed by atoms with van der Waals surface area (Å²) in [5, 5.41) is 30.7. The molecule has 0 aliphatic carbocycles. The van der Waals surface area contributed by atoms with Crippen LogP contribution in [0.1, 0.15) is 206 Å². The molecule has 0 amide bonds. The SMILES string of the molecule is CCCCCCCCCCCCCCCCCC[C@H](O)C(=O)C(CO)[C@H](O)CCCCCCCCCCCCCCCN. The van der Waals surface area contributed by atoms with E-state index in [1.165, 1.54) is 141 Å². The maximum atomic E-state index is 12.7. The highest BCUT2D eigenvalue weighted by atomic mass is 16.3. The fourth-order valence-corrected chi connectivity index (χ4v) is 6.32. The standard InChI is InChI=1S/C38H77NO4/c1-2-3-4-5-6-7-8-9-10-11-13-17-20-23-26-29-32-37(42)38(43)35(34-40)36(41)31-28-25-22-19-16-14-12-15-18-21-24-27-30-33-39/h35-37,40-42H,2-34,39H2,1H3/t35?,36-,37+/m1/s1. The minimum Gasteiger partial charge on any atom is -0.396 e. The number of nitrogens with two attached hydrogens (primary N) is 1. The highest BCUT2D eigenvalue weighted by Crippen LogP contribution is 2.19. The van der Waals surface area contributed by atoms with Crippen molar-refractivity contribution in [3.05, 3.63) is 0 Å². The monoisotopic (exact) mass is 612 g/mol. The van der Waals surface area contributed by atoms with Crippen LogP contribution in [0.2, 0.25) is 0 Å². The predicted octanol–water partition coefficient (Wildman–Crippen LogP) is 9.96. The van der Waals surface area contributed by atoms with Crippen molar-refractivity contribution in [2.75, 3.05) is 13.2 Å². The van der Waals surface area contributed by atoms with Crippen LogP contribution >= 0.6 is 0 Å². The number of Topliss-reactive ketones (excluding diaryl/α,β-unsaturated/α-hetero) is 1. The van der Waals surface area contributed by atoms with Gasteiger partial charge in [0, 0.05) is 0 Å². The molecule has 258 valence electrons. The lowest BCUT2D eigenvalue weighted by molar-refractivity contribution is -0.137. The molecule has 43 heavy (non-hydrogen) atoms. The zero-order valence-electron chi connectivity index (χ0n) is 28.9. The third-order valence-electron chi connectivity index (χ3n) is 9.39. The normalized spacial score (nSPS) is 13.8. The van der Waals surface area contributed by atoms with Gasteiger partial charge in [-0.2, -0.15) is 0 Å². The van der Waals surface area contributed by atoms with E-state index in [2.05, 4.69) is 6.92 Å². The average molecular weight is 612 g/mol. The van der Waals surface area contributed by atoms with Gasteiger partial charge in [-0.3, -0.25) is 4.79 Å². The largest absolute Gasteiger partial charge is 0.396 e. The lowest BCUT2D eigenvalue weighted by Gasteiger charge is -2.22. The van der Waals surface area contributed by atoms with Crippen LogP contribution in [0.15, 0.2) is 0 Å². The zero-order valence-corrected chi connectivity index (χ0v) is 28.9. The van der Waals surface area contributed by atoms with E-state index in [4.69, 9.17) is 5.73 Å². The van der Waals surface area contributed by atoms with Crippen molar-refractivity contribution in [3.63, 3.8) is 0 Å². The fraction of sp³-hybridized carbons (Fsp3) is 0.974. The number of carbonyl (C=O) groups is 1. The Balaban J connectivity index is 3.64. The van der Waals surface area contributed by atoms with Gasteiger partial charge in [0.05, 0.1) is 18.6 Å². The van der Waals surface area contributed by atoms with Gasteiger partial charge in [0.15, 0.2) is 5.78 Å². The molecule has 0 rings (SSSR count). The van der Waals surface area contributed by atoms with Crippen LogP contribution < -0.4 is 5.73 Å². The lowest BCUT2D eigenvalue weighted by atomic mass is 9.89. The van der Waals surface area contributed by atoms with Crippen molar-refractivity contribution >= 4 is 5.78 Å². The Bertz CT molecular complexity index is 558. The minimum atomic E-state index is -1.07. The van der Waals surface area contributed by atoms with Gasteiger partial charge in [0.2, 0.25) is 0 Å². The molecule has 5 heteroatoms. The van der Waals surface area contributed by atoms with Gasteiger partial charge in [0.25, 0.3) is 0 Å². The van der Waals surface area contributed by atoms with Crippen molar-refractivity contribution in [1.82, 2.24) is 0 Å². The average Bonchev–Trinajstić information content (AvgIpc) is 3.01. The summed E-state index contributed by atoms with van der Waals surface area (Å²) in [7, 11) is 0. The summed E-state index contributed by atoms with van der Waals surface area (Å²) < 4.78 is 0. The first-order chi connectivity index (χ1) is 21.1. The van der Waals surface area contributed by atoms with Crippen LogP contribution in [-0.4, -0.2) is 46.5 Å². The highest BCUT2D eigenvalue weighted by molar-refractivity contribution is 5.85. The molecule has 3 atom stereocenters. The molecule has 0 heterocycles. The first-order valence-electron chi connectivity index (χ1n) is 19.3. The van der Waals surface area contributed by atoms with E-state index in [1.54, 1.807) is 0 Å². The van der Waals surface area contributed by atoms with Crippen LogP contribution in [0.3, 0.4) is 0 Å². The smallest absolute Gasteiger partial charge is 0.169 e. The Labute approximate surface area is 268 Å². The maximum absolute atomic E-state index is 12.7. The Kier molecular flexibility index (Phi) is 34.0. The third kappa shape index (κ3) is 28.7. The summed E-state index contributed by atoms with van der Waals surface area (Å²) in [4.78, 5) is 12.7. The molecule has 0 aliphatic rings. The van der Waals surface area contributed by atoms with Gasteiger partial charge in [0.1, 0.15) is 6.10 Å². The number of rotatable bonds is 36. The van der Waals surface area contributed by atoms with Gasteiger partial charge in [-0.05, 0) is 25.8 Å². The second-order valence-corrected chi connectivity index (χ2v) is 13.5. The van der Waals surface area contributed by atoms with E-state index < -0.39 is 18.1 Å². The Morgan fingerprint density at radius 2 is 0.791 bits per heavy atom. The fourth-order valence-electron chi connectivity index (χ4n) is 6.32. The Morgan fingerprint density at radius 1 is 0.488 bits per heavy atom. The highest BCUT2D eigenvalue weighted by Gasteiger charge is 2.30. The van der Waals surface area contributed by atoms with Crippen molar-refractivity contribution in [2.24, 2.45) is 11.7 Å². The third-order valence-corrected chi connectivity index (χ3v) is 9.39. The van der Waals surface area contributed by atoms with Gasteiger partial charge >= 0.3 is 0 Å². The topological polar surface area (TPSA) is 104 Å². The van der Waals surface area contributed by atoms with E-state index in [1.807, 2.05) is 0 Å². The van der Waals surface area contributed by atoms with Crippen LogP contribution in [-0.2, 0) is 4.79 Å². The summed E-state index contributed by atoms with van der Waals surface area (Å²) in [6.45, 7) is 2.71. The second kappa shape index (κ2) is 34.4. The molecule has 0 saturated carbocycles. The number of ketones is 1. The van der Waals surface area contributed by atoms with Crippen LogP contribution in [0.5, 0.6) is 0 Å². The number of hydrogen-bond acceptors (Lipinski definition) is 5. The van der Waals surface area contributed by atoms with E-state index in [0.29, 0.717) is 12.8 Å². The number of carbonyl (C=O) groups excluding carboxylic acids is 1. The summed E-state index contributed by atoms with van der Waals surface area (Å²) in [6, 6.07) is 0. The molecule has 5 nitrogen and oxygen atoms in total.